The van der Waals surface area contributed by atoms with Crippen LogP contribution in [0.25, 0.3) is 0 Å². The van der Waals surface area contributed by atoms with Gasteiger partial charge in [-0.1, -0.05) is 19.9 Å². The molecule has 0 radical (unpaired) electrons. The Hall–Kier alpha value is -1.42. The van der Waals surface area contributed by atoms with Gasteiger partial charge in [0, 0.05) is 6.04 Å². The van der Waals surface area contributed by atoms with E-state index in [9.17, 15) is 13.5 Å². The van der Waals surface area contributed by atoms with Crippen molar-refractivity contribution in [3.05, 3.63) is 29.3 Å². The highest BCUT2D eigenvalue weighted by Gasteiger charge is 2.23. The Balaban J connectivity index is 3.17. The minimum Gasteiger partial charge on any atom is -0.395 e. The monoisotopic (exact) mass is 282 g/mol. The van der Waals surface area contributed by atoms with Crippen molar-refractivity contribution in [2.24, 2.45) is 5.92 Å². The van der Waals surface area contributed by atoms with Crippen molar-refractivity contribution in [2.45, 2.75) is 31.7 Å². The molecule has 1 rings (SSSR count). The molecule has 0 aliphatic rings. The lowest BCUT2D eigenvalue weighted by molar-refractivity contribution is 0.227. The SMILES string of the molecule is Cc1ccc(C#N)cc1S(=O)(=O)N[C@H](CO)C(C)C. The van der Waals surface area contributed by atoms with Crippen LogP contribution in [0.1, 0.15) is 25.0 Å². The molecule has 0 heterocycles. The number of sulfonamides is 1. The van der Waals surface area contributed by atoms with Crippen molar-refractivity contribution in [3.8, 4) is 6.07 Å². The number of rotatable bonds is 5. The van der Waals surface area contributed by atoms with Crippen LogP contribution in [0.3, 0.4) is 0 Å². The third-order valence-electron chi connectivity index (χ3n) is 2.91. The summed E-state index contributed by atoms with van der Waals surface area (Å²) < 4.78 is 27.0. The second-order valence-electron chi connectivity index (χ2n) is 4.75. The maximum Gasteiger partial charge on any atom is 0.241 e. The quantitative estimate of drug-likeness (QED) is 0.848. The van der Waals surface area contributed by atoms with Crippen LogP contribution in [-0.4, -0.2) is 26.2 Å². The molecular weight excluding hydrogens is 264 g/mol. The van der Waals surface area contributed by atoms with E-state index in [1.165, 1.54) is 6.07 Å². The van der Waals surface area contributed by atoms with Crippen LogP contribution in [0.15, 0.2) is 23.1 Å². The van der Waals surface area contributed by atoms with Gasteiger partial charge in [-0.05, 0) is 30.5 Å². The van der Waals surface area contributed by atoms with E-state index >= 15 is 0 Å². The fraction of sp³-hybridized carbons (Fsp3) is 0.462. The Kier molecular flexibility index (Phi) is 5.06. The topological polar surface area (TPSA) is 90.2 Å². The maximum atomic E-state index is 12.3. The summed E-state index contributed by atoms with van der Waals surface area (Å²) in [6.07, 6.45) is 0. The molecule has 0 fully saturated rings. The number of hydrogen-bond donors (Lipinski definition) is 2. The Morgan fingerprint density at radius 2 is 2.05 bits per heavy atom. The van der Waals surface area contributed by atoms with Crippen LogP contribution in [0.4, 0.5) is 0 Å². The van der Waals surface area contributed by atoms with E-state index in [1.54, 1.807) is 19.1 Å². The van der Waals surface area contributed by atoms with Gasteiger partial charge in [-0.2, -0.15) is 5.26 Å². The molecule has 1 atom stereocenters. The summed E-state index contributed by atoms with van der Waals surface area (Å²) in [5.74, 6) is -0.0285. The molecule has 0 amide bonds. The highest BCUT2D eigenvalue weighted by Crippen LogP contribution is 2.18. The van der Waals surface area contributed by atoms with Gasteiger partial charge in [0.1, 0.15) is 0 Å². The molecule has 1 aromatic rings. The van der Waals surface area contributed by atoms with E-state index in [4.69, 9.17) is 5.26 Å². The third-order valence-corrected chi connectivity index (χ3v) is 4.55. The molecule has 0 spiro atoms. The summed E-state index contributed by atoms with van der Waals surface area (Å²) in [6, 6.07) is 5.87. The van der Waals surface area contributed by atoms with Crippen molar-refractivity contribution in [3.63, 3.8) is 0 Å². The lowest BCUT2D eigenvalue weighted by atomic mass is 10.1. The third kappa shape index (κ3) is 3.77. The molecule has 1 aromatic carbocycles. The summed E-state index contributed by atoms with van der Waals surface area (Å²) in [5, 5.41) is 18.0. The lowest BCUT2D eigenvalue weighted by Gasteiger charge is -2.20. The molecule has 2 N–H and O–H groups in total. The van der Waals surface area contributed by atoms with E-state index in [-0.39, 0.29) is 23.0 Å². The second-order valence-corrected chi connectivity index (χ2v) is 6.43. The summed E-state index contributed by atoms with van der Waals surface area (Å²) >= 11 is 0. The highest BCUT2D eigenvalue weighted by molar-refractivity contribution is 7.89. The van der Waals surface area contributed by atoms with Crippen molar-refractivity contribution in [1.82, 2.24) is 4.72 Å². The number of nitriles is 1. The summed E-state index contributed by atoms with van der Waals surface area (Å²) in [4.78, 5) is 0.0747. The largest absolute Gasteiger partial charge is 0.395 e. The Morgan fingerprint density at radius 1 is 1.42 bits per heavy atom. The van der Waals surface area contributed by atoms with Crippen molar-refractivity contribution < 1.29 is 13.5 Å². The predicted molar refractivity (Wildman–Crippen MR) is 71.9 cm³/mol. The molecule has 0 aliphatic heterocycles. The minimum atomic E-state index is -3.74. The molecular formula is C13H18N2O3S. The first kappa shape index (κ1) is 15.6. The first-order valence-electron chi connectivity index (χ1n) is 5.95. The number of benzene rings is 1. The number of nitrogens with zero attached hydrogens (tertiary/aromatic N) is 1. The summed E-state index contributed by atoms with van der Waals surface area (Å²) in [7, 11) is -3.74. The molecule has 0 aliphatic carbocycles. The maximum absolute atomic E-state index is 12.3. The van der Waals surface area contributed by atoms with Crippen LogP contribution >= 0.6 is 0 Å². The molecule has 0 aromatic heterocycles. The van der Waals surface area contributed by atoms with Gasteiger partial charge in [0.15, 0.2) is 0 Å². The Morgan fingerprint density at radius 3 is 2.53 bits per heavy atom. The molecule has 19 heavy (non-hydrogen) atoms. The van der Waals surface area contributed by atoms with Gasteiger partial charge < -0.3 is 5.11 Å². The summed E-state index contributed by atoms with van der Waals surface area (Å²) in [6.45, 7) is 5.04. The van der Waals surface area contributed by atoms with Crippen molar-refractivity contribution >= 4 is 10.0 Å². The molecule has 5 nitrogen and oxygen atoms in total. The zero-order chi connectivity index (χ0) is 14.6. The lowest BCUT2D eigenvalue weighted by Crippen LogP contribution is -2.41. The van der Waals surface area contributed by atoms with Gasteiger partial charge in [0.25, 0.3) is 0 Å². The number of aliphatic hydroxyl groups is 1. The fourth-order valence-electron chi connectivity index (χ4n) is 1.61. The fourth-order valence-corrected chi connectivity index (χ4v) is 3.25. The van der Waals surface area contributed by atoms with Crippen LogP contribution in [0.2, 0.25) is 0 Å². The summed E-state index contributed by atoms with van der Waals surface area (Å²) in [5.41, 5.74) is 0.850. The van der Waals surface area contributed by atoms with Gasteiger partial charge in [-0.25, -0.2) is 13.1 Å². The standard InChI is InChI=1S/C13H18N2O3S/c1-9(2)12(8-16)15-19(17,18)13-6-11(7-14)5-4-10(13)3/h4-6,9,12,15-16H,8H2,1-3H3/t12-/m1/s1. The highest BCUT2D eigenvalue weighted by atomic mass is 32.2. The Bertz CT molecular complexity index is 588. The number of aliphatic hydroxyl groups excluding tert-OH is 1. The van der Waals surface area contributed by atoms with Gasteiger partial charge >= 0.3 is 0 Å². The molecule has 0 saturated carbocycles. The van der Waals surface area contributed by atoms with E-state index < -0.39 is 16.1 Å². The van der Waals surface area contributed by atoms with Gasteiger partial charge in [0.2, 0.25) is 10.0 Å². The minimum absolute atomic E-state index is 0.0285. The van der Waals surface area contributed by atoms with E-state index in [0.29, 0.717) is 5.56 Å². The number of aryl methyl sites for hydroxylation is 1. The molecule has 0 saturated heterocycles. The van der Waals surface area contributed by atoms with E-state index in [0.717, 1.165) is 0 Å². The van der Waals surface area contributed by atoms with Crippen LogP contribution in [-0.2, 0) is 10.0 Å². The van der Waals surface area contributed by atoms with Gasteiger partial charge in [-0.3, -0.25) is 0 Å². The van der Waals surface area contributed by atoms with Gasteiger partial charge in [-0.15, -0.1) is 0 Å². The average Bonchev–Trinajstić information content (AvgIpc) is 2.36. The van der Waals surface area contributed by atoms with Crippen LogP contribution in [0, 0.1) is 24.2 Å². The number of hydrogen-bond acceptors (Lipinski definition) is 4. The van der Waals surface area contributed by atoms with E-state index in [2.05, 4.69) is 4.72 Å². The van der Waals surface area contributed by atoms with Crippen LogP contribution < -0.4 is 4.72 Å². The van der Waals surface area contributed by atoms with Crippen molar-refractivity contribution in [2.75, 3.05) is 6.61 Å². The molecule has 104 valence electrons. The molecule has 0 unspecified atom stereocenters. The van der Waals surface area contributed by atoms with Crippen LogP contribution in [0.5, 0.6) is 0 Å². The van der Waals surface area contributed by atoms with Gasteiger partial charge in [0.05, 0.1) is 23.1 Å². The molecule has 0 bridgehead atoms. The number of nitrogens with one attached hydrogen (secondary N) is 1. The van der Waals surface area contributed by atoms with Crippen molar-refractivity contribution in [1.29, 1.82) is 5.26 Å². The first-order valence-corrected chi connectivity index (χ1v) is 7.44. The smallest absolute Gasteiger partial charge is 0.241 e. The normalized spacial score (nSPS) is 13.3. The molecule has 6 heteroatoms. The first-order chi connectivity index (χ1) is 8.81. The Labute approximate surface area is 113 Å². The zero-order valence-electron chi connectivity index (χ0n) is 11.2. The zero-order valence-corrected chi connectivity index (χ0v) is 12.0. The second kappa shape index (κ2) is 6.15. The van der Waals surface area contributed by atoms with E-state index in [1.807, 2.05) is 19.9 Å². The average molecular weight is 282 g/mol. The predicted octanol–water partition coefficient (Wildman–Crippen LogP) is 1.16.